The highest BCUT2D eigenvalue weighted by atomic mass is 19.3. The summed E-state index contributed by atoms with van der Waals surface area (Å²) < 4.78 is 31.3. The summed E-state index contributed by atoms with van der Waals surface area (Å²) in [5.41, 5.74) is 3.27. The molecule has 0 aliphatic heterocycles. The van der Waals surface area contributed by atoms with Gasteiger partial charge in [-0.2, -0.15) is 13.9 Å². The molecule has 1 aromatic heterocycles. The van der Waals surface area contributed by atoms with Crippen molar-refractivity contribution in [1.29, 1.82) is 0 Å². The lowest BCUT2D eigenvalue weighted by molar-refractivity contribution is -0.116. The summed E-state index contributed by atoms with van der Waals surface area (Å²) in [5.74, 6) is 0.175. The molecule has 2 rings (SSSR count). The van der Waals surface area contributed by atoms with Crippen LogP contribution >= 0.6 is 0 Å². The van der Waals surface area contributed by atoms with Gasteiger partial charge in [-0.15, -0.1) is 0 Å². The van der Waals surface area contributed by atoms with Gasteiger partial charge in [0.05, 0.1) is 11.4 Å². The van der Waals surface area contributed by atoms with Crippen LogP contribution in [0.5, 0.6) is 5.75 Å². The van der Waals surface area contributed by atoms with Crippen LogP contribution in [0.25, 0.3) is 0 Å². The van der Waals surface area contributed by atoms with Crippen LogP contribution in [-0.2, 0) is 17.8 Å². The Bertz CT molecular complexity index is 757. The van der Waals surface area contributed by atoms with Gasteiger partial charge in [-0.25, -0.2) is 0 Å². The normalized spacial score (nSPS) is 11.2. The van der Waals surface area contributed by atoms with Crippen molar-refractivity contribution < 1.29 is 18.3 Å². The zero-order chi connectivity index (χ0) is 19.3. The van der Waals surface area contributed by atoms with Crippen molar-refractivity contribution in [3.8, 4) is 5.75 Å². The molecule has 0 aliphatic rings. The highest BCUT2D eigenvalue weighted by molar-refractivity contribution is 5.92. The van der Waals surface area contributed by atoms with Crippen LogP contribution in [0.15, 0.2) is 24.3 Å². The SMILES string of the molecule is Cc1nn(CC(C)C)c(C)c1CCC(=O)Nc1ccccc1OC(F)F. The maximum absolute atomic E-state index is 12.4. The van der Waals surface area contributed by atoms with Gasteiger partial charge < -0.3 is 10.1 Å². The van der Waals surface area contributed by atoms with Gasteiger partial charge in [0.1, 0.15) is 5.75 Å². The number of aromatic nitrogens is 2. The Kier molecular flexibility index (Phi) is 6.71. The molecule has 0 unspecified atom stereocenters. The van der Waals surface area contributed by atoms with E-state index in [1.54, 1.807) is 12.1 Å². The van der Waals surface area contributed by atoms with Gasteiger partial charge in [0.15, 0.2) is 0 Å². The van der Waals surface area contributed by atoms with Gasteiger partial charge in [-0.3, -0.25) is 9.48 Å². The average molecular weight is 365 g/mol. The number of anilines is 1. The smallest absolute Gasteiger partial charge is 0.387 e. The number of amides is 1. The standard InChI is InChI=1S/C19H25F2N3O2/c1-12(2)11-24-14(4)15(13(3)23-24)9-10-18(25)22-16-7-5-6-8-17(16)26-19(20)21/h5-8,12,19H,9-11H2,1-4H3,(H,22,25). The molecule has 7 heteroatoms. The number of ether oxygens (including phenoxy) is 1. The van der Waals surface area contributed by atoms with E-state index < -0.39 is 6.61 Å². The Balaban J connectivity index is 2.01. The van der Waals surface area contributed by atoms with Crippen LogP contribution in [0.4, 0.5) is 14.5 Å². The summed E-state index contributed by atoms with van der Waals surface area (Å²) in [6.45, 7) is 6.08. The summed E-state index contributed by atoms with van der Waals surface area (Å²) in [7, 11) is 0. The Morgan fingerprint density at radius 3 is 2.62 bits per heavy atom. The predicted octanol–water partition coefficient (Wildman–Crippen LogP) is 4.33. The number of benzene rings is 1. The van der Waals surface area contributed by atoms with E-state index in [4.69, 9.17) is 0 Å². The highest BCUT2D eigenvalue weighted by Gasteiger charge is 2.15. The van der Waals surface area contributed by atoms with E-state index in [1.807, 2.05) is 18.5 Å². The van der Waals surface area contributed by atoms with Crippen molar-refractivity contribution in [3.63, 3.8) is 0 Å². The second-order valence-electron chi connectivity index (χ2n) is 6.65. The van der Waals surface area contributed by atoms with Crippen molar-refractivity contribution in [1.82, 2.24) is 9.78 Å². The van der Waals surface area contributed by atoms with Crippen molar-refractivity contribution in [2.24, 2.45) is 5.92 Å². The van der Waals surface area contributed by atoms with Crippen LogP contribution in [-0.4, -0.2) is 22.3 Å². The fraction of sp³-hybridized carbons (Fsp3) is 0.474. The van der Waals surface area contributed by atoms with E-state index in [1.165, 1.54) is 12.1 Å². The molecule has 1 aromatic carbocycles. The average Bonchev–Trinajstić information content (AvgIpc) is 2.80. The quantitative estimate of drug-likeness (QED) is 0.758. The lowest BCUT2D eigenvalue weighted by Crippen LogP contribution is -2.14. The summed E-state index contributed by atoms with van der Waals surface area (Å²) in [4.78, 5) is 12.2. The maximum atomic E-state index is 12.4. The Labute approximate surface area is 152 Å². The molecule has 0 saturated heterocycles. The topological polar surface area (TPSA) is 56.2 Å². The first-order valence-corrected chi connectivity index (χ1v) is 8.64. The number of hydrogen-bond donors (Lipinski definition) is 1. The second kappa shape index (κ2) is 8.78. The summed E-state index contributed by atoms with van der Waals surface area (Å²) in [6.07, 6.45) is 0.775. The van der Waals surface area contributed by atoms with E-state index in [0.29, 0.717) is 12.3 Å². The number of nitrogens with one attached hydrogen (secondary N) is 1. The molecular weight excluding hydrogens is 340 g/mol. The third-order valence-corrected chi connectivity index (χ3v) is 4.05. The minimum atomic E-state index is -2.94. The minimum absolute atomic E-state index is 0.0482. The number of rotatable bonds is 8. The number of hydrogen-bond acceptors (Lipinski definition) is 3. The minimum Gasteiger partial charge on any atom is -0.433 e. The van der Waals surface area contributed by atoms with E-state index in [9.17, 15) is 13.6 Å². The fourth-order valence-electron chi connectivity index (χ4n) is 2.84. The van der Waals surface area contributed by atoms with Crippen molar-refractivity contribution in [2.45, 2.75) is 53.7 Å². The number of para-hydroxylation sites is 2. The molecule has 0 aliphatic carbocycles. The van der Waals surface area contributed by atoms with E-state index >= 15 is 0 Å². The number of carbonyl (C=O) groups excluding carboxylic acids is 1. The van der Waals surface area contributed by atoms with Crippen LogP contribution in [0.3, 0.4) is 0 Å². The largest absolute Gasteiger partial charge is 0.433 e. The molecule has 2 aromatic rings. The van der Waals surface area contributed by atoms with Crippen LogP contribution in [0.1, 0.15) is 37.2 Å². The number of halogens is 2. The van der Waals surface area contributed by atoms with Crippen LogP contribution in [0, 0.1) is 19.8 Å². The monoisotopic (exact) mass is 365 g/mol. The molecule has 1 heterocycles. The van der Waals surface area contributed by atoms with E-state index in [-0.39, 0.29) is 23.8 Å². The predicted molar refractivity (Wildman–Crippen MR) is 96.6 cm³/mol. The van der Waals surface area contributed by atoms with Gasteiger partial charge in [0, 0.05) is 18.7 Å². The summed E-state index contributed by atoms with van der Waals surface area (Å²) in [6, 6.07) is 6.15. The van der Waals surface area contributed by atoms with Crippen molar-refractivity contribution >= 4 is 11.6 Å². The molecule has 0 bridgehead atoms. The van der Waals surface area contributed by atoms with Gasteiger partial charge in [0.25, 0.3) is 0 Å². The van der Waals surface area contributed by atoms with E-state index in [2.05, 4.69) is 29.0 Å². The zero-order valence-electron chi connectivity index (χ0n) is 15.6. The molecular formula is C19H25F2N3O2. The first-order chi connectivity index (χ1) is 12.3. The fourth-order valence-corrected chi connectivity index (χ4v) is 2.84. The number of alkyl halides is 2. The number of nitrogens with zero attached hydrogens (tertiary/aromatic N) is 2. The first-order valence-electron chi connectivity index (χ1n) is 8.64. The summed E-state index contributed by atoms with van der Waals surface area (Å²) in [5, 5.41) is 7.18. The molecule has 0 radical (unpaired) electrons. The molecule has 0 fully saturated rings. The van der Waals surface area contributed by atoms with Gasteiger partial charge in [-0.05, 0) is 43.9 Å². The molecule has 142 valence electrons. The van der Waals surface area contributed by atoms with Crippen molar-refractivity contribution in [3.05, 3.63) is 41.2 Å². The van der Waals surface area contributed by atoms with Crippen LogP contribution in [0.2, 0.25) is 0 Å². The summed E-state index contributed by atoms with van der Waals surface area (Å²) >= 11 is 0. The van der Waals surface area contributed by atoms with Gasteiger partial charge >= 0.3 is 6.61 Å². The molecule has 0 atom stereocenters. The molecule has 0 saturated carbocycles. The number of carbonyl (C=O) groups is 1. The molecule has 1 amide bonds. The van der Waals surface area contributed by atoms with Crippen LogP contribution < -0.4 is 10.1 Å². The van der Waals surface area contributed by atoms with Gasteiger partial charge in [0.2, 0.25) is 5.91 Å². The van der Waals surface area contributed by atoms with E-state index in [0.717, 1.165) is 23.5 Å². The first kappa shape index (κ1) is 19.9. The molecule has 0 spiro atoms. The Morgan fingerprint density at radius 2 is 1.96 bits per heavy atom. The van der Waals surface area contributed by atoms with Crippen molar-refractivity contribution in [2.75, 3.05) is 5.32 Å². The molecule has 26 heavy (non-hydrogen) atoms. The second-order valence-corrected chi connectivity index (χ2v) is 6.65. The molecule has 1 N–H and O–H groups in total. The van der Waals surface area contributed by atoms with Gasteiger partial charge in [-0.1, -0.05) is 26.0 Å². The number of aryl methyl sites for hydroxylation is 1. The maximum Gasteiger partial charge on any atom is 0.387 e. The lowest BCUT2D eigenvalue weighted by Gasteiger charge is -2.12. The third kappa shape index (κ3) is 5.28. The molecule has 5 nitrogen and oxygen atoms in total. The Morgan fingerprint density at radius 1 is 1.27 bits per heavy atom. The Hall–Kier alpha value is -2.44. The zero-order valence-corrected chi connectivity index (χ0v) is 15.6. The highest BCUT2D eigenvalue weighted by Crippen LogP contribution is 2.26. The third-order valence-electron chi connectivity index (χ3n) is 4.05. The lowest BCUT2D eigenvalue weighted by atomic mass is 10.1.